The third kappa shape index (κ3) is 5.09. The fourth-order valence-corrected chi connectivity index (χ4v) is 5.12. The van der Waals surface area contributed by atoms with E-state index in [1.165, 1.54) is 0 Å². The zero-order chi connectivity index (χ0) is 26.5. The first-order chi connectivity index (χ1) is 17.4. The summed E-state index contributed by atoms with van der Waals surface area (Å²) in [5.41, 5.74) is 4.54. The number of pyridine rings is 1. The van der Waals surface area contributed by atoms with Crippen molar-refractivity contribution >= 4 is 17.3 Å². The molecule has 5 rings (SSSR count). The predicted molar refractivity (Wildman–Crippen MR) is 143 cm³/mol. The molecule has 1 saturated heterocycles. The molecule has 0 bridgehead atoms. The molecule has 0 aliphatic carbocycles. The van der Waals surface area contributed by atoms with Crippen LogP contribution in [0.5, 0.6) is 0 Å². The van der Waals surface area contributed by atoms with Gasteiger partial charge < -0.3 is 19.8 Å². The SMILES string of the molecule is Cc1cn2cc(-c3cnc4ccc(C5CC(C)(NC(=O)OC(C)(C)C)CCN5)cn4c3=O)cc2c(C)n1. The van der Waals surface area contributed by atoms with Crippen molar-refractivity contribution in [1.29, 1.82) is 0 Å². The maximum atomic E-state index is 13.6. The molecule has 194 valence electrons. The smallest absolute Gasteiger partial charge is 0.408 e. The highest BCUT2D eigenvalue weighted by atomic mass is 16.6. The molecule has 0 aromatic carbocycles. The number of aryl methyl sites for hydroxylation is 2. The summed E-state index contributed by atoms with van der Waals surface area (Å²) in [6.45, 7) is 12.2. The third-order valence-electron chi connectivity index (χ3n) is 6.85. The summed E-state index contributed by atoms with van der Waals surface area (Å²) in [4.78, 5) is 35.2. The summed E-state index contributed by atoms with van der Waals surface area (Å²) < 4.78 is 9.09. The van der Waals surface area contributed by atoms with Gasteiger partial charge in [0.2, 0.25) is 0 Å². The van der Waals surface area contributed by atoms with Crippen LogP contribution < -0.4 is 16.2 Å². The maximum Gasteiger partial charge on any atom is 0.408 e. The first kappa shape index (κ1) is 25.0. The molecule has 0 spiro atoms. The first-order valence-electron chi connectivity index (χ1n) is 12.6. The van der Waals surface area contributed by atoms with Crippen LogP contribution in [0.15, 0.2) is 47.8 Å². The second kappa shape index (κ2) is 8.99. The monoisotopic (exact) mass is 502 g/mol. The summed E-state index contributed by atoms with van der Waals surface area (Å²) in [6, 6.07) is 5.79. The van der Waals surface area contributed by atoms with E-state index in [2.05, 4.69) is 20.6 Å². The molecule has 1 aliphatic heterocycles. The molecule has 1 aliphatic rings. The number of nitrogens with one attached hydrogen (secondary N) is 2. The van der Waals surface area contributed by atoms with Crippen LogP contribution in [0.25, 0.3) is 22.3 Å². The molecule has 1 amide bonds. The number of ether oxygens (including phenoxy) is 1. The highest BCUT2D eigenvalue weighted by molar-refractivity contribution is 5.71. The molecule has 0 saturated carbocycles. The van der Waals surface area contributed by atoms with Gasteiger partial charge >= 0.3 is 6.09 Å². The molecule has 2 N–H and O–H groups in total. The van der Waals surface area contributed by atoms with Crippen LogP contribution in [0.2, 0.25) is 0 Å². The van der Waals surface area contributed by atoms with E-state index in [-0.39, 0.29) is 11.6 Å². The van der Waals surface area contributed by atoms with E-state index in [0.29, 0.717) is 17.6 Å². The van der Waals surface area contributed by atoms with Gasteiger partial charge in [0.1, 0.15) is 11.2 Å². The standard InChI is InChI=1S/C28H34N6O3/c1-17-14-33-15-20(11-23(33)18(2)31-17)21-13-30-24-8-7-19(16-34(24)25(21)35)22-12-28(6,9-10-29-22)32-26(36)37-27(3,4)5/h7-8,11,13-16,22,29H,9-10,12H2,1-6H3,(H,32,36). The van der Waals surface area contributed by atoms with E-state index in [1.807, 2.05) is 82.7 Å². The molecule has 4 aromatic heterocycles. The Labute approximate surface area is 215 Å². The fraction of sp³-hybridized carbons (Fsp3) is 0.429. The van der Waals surface area contributed by atoms with Gasteiger partial charge in [0.15, 0.2) is 0 Å². The van der Waals surface area contributed by atoms with E-state index in [0.717, 1.165) is 41.0 Å². The van der Waals surface area contributed by atoms with Gasteiger partial charge in [-0.1, -0.05) is 6.07 Å². The maximum absolute atomic E-state index is 13.6. The number of aromatic nitrogens is 4. The lowest BCUT2D eigenvalue weighted by atomic mass is 9.84. The van der Waals surface area contributed by atoms with Crippen LogP contribution in [-0.2, 0) is 4.74 Å². The van der Waals surface area contributed by atoms with Gasteiger partial charge in [-0.3, -0.25) is 14.2 Å². The zero-order valence-corrected chi connectivity index (χ0v) is 22.3. The molecule has 9 nitrogen and oxygen atoms in total. The van der Waals surface area contributed by atoms with Gasteiger partial charge in [0, 0.05) is 41.9 Å². The number of amides is 1. The van der Waals surface area contributed by atoms with E-state index in [4.69, 9.17) is 4.74 Å². The molecule has 5 heterocycles. The van der Waals surface area contributed by atoms with Crippen molar-refractivity contribution in [1.82, 2.24) is 29.4 Å². The molecule has 0 radical (unpaired) electrons. The highest BCUT2D eigenvalue weighted by Crippen LogP contribution is 2.31. The topological polar surface area (TPSA) is 102 Å². The lowest BCUT2D eigenvalue weighted by Gasteiger charge is -2.40. The summed E-state index contributed by atoms with van der Waals surface area (Å²) >= 11 is 0. The van der Waals surface area contributed by atoms with Crippen LogP contribution in [0, 0.1) is 13.8 Å². The van der Waals surface area contributed by atoms with Gasteiger partial charge in [0.05, 0.1) is 22.5 Å². The van der Waals surface area contributed by atoms with Crippen molar-refractivity contribution in [3.8, 4) is 11.1 Å². The Bertz CT molecular complexity index is 1560. The lowest BCUT2D eigenvalue weighted by Crippen LogP contribution is -2.54. The molecular weight excluding hydrogens is 468 g/mol. The minimum Gasteiger partial charge on any atom is -0.444 e. The Hall–Kier alpha value is -3.72. The number of piperidine rings is 1. The average molecular weight is 503 g/mol. The van der Waals surface area contributed by atoms with Crippen LogP contribution in [-0.4, -0.2) is 42.5 Å². The molecule has 2 unspecified atom stereocenters. The van der Waals surface area contributed by atoms with Gasteiger partial charge in [-0.25, -0.2) is 9.78 Å². The Morgan fingerprint density at radius 1 is 1.22 bits per heavy atom. The predicted octanol–water partition coefficient (Wildman–Crippen LogP) is 4.33. The van der Waals surface area contributed by atoms with E-state index >= 15 is 0 Å². The number of alkyl carbamates (subject to hydrolysis) is 1. The Kier molecular flexibility index (Phi) is 6.06. The fourth-order valence-electron chi connectivity index (χ4n) is 5.12. The normalized spacial score (nSPS) is 20.3. The Morgan fingerprint density at radius 2 is 2.00 bits per heavy atom. The quantitative estimate of drug-likeness (QED) is 0.432. The van der Waals surface area contributed by atoms with E-state index in [1.54, 1.807) is 10.6 Å². The Balaban J connectivity index is 1.46. The third-order valence-corrected chi connectivity index (χ3v) is 6.85. The molecule has 1 fully saturated rings. The van der Waals surface area contributed by atoms with Crippen molar-refractivity contribution in [2.24, 2.45) is 0 Å². The summed E-state index contributed by atoms with van der Waals surface area (Å²) in [6.07, 6.45) is 8.42. The van der Waals surface area contributed by atoms with Crippen LogP contribution in [0.4, 0.5) is 4.79 Å². The summed E-state index contributed by atoms with van der Waals surface area (Å²) in [7, 11) is 0. The second-order valence-electron chi connectivity index (χ2n) is 11.3. The Morgan fingerprint density at radius 3 is 2.76 bits per heavy atom. The van der Waals surface area contributed by atoms with Crippen molar-refractivity contribution in [2.75, 3.05) is 6.54 Å². The van der Waals surface area contributed by atoms with Crippen molar-refractivity contribution in [3.63, 3.8) is 0 Å². The molecular formula is C28H34N6O3. The second-order valence-corrected chi connectivity index (χ2v) is 11.3. The van der Waals surface area contributed by atoms with E-state index in [9.17, 15) is 9.59 Å². The van der Waals surface area contributed by atoms with Crippen LogP contribution in [0.3, 0.4) is 0 Å². The van der Waals surface area contributed by atoms with Gasteiger partial charge in [-0.15, -0.1) is 0 Å². The van der Waals surface area contributed by atoms with Crippen molar-refractivity contribution in [2.45, 2.75) is 71.6 Å². The number of hydrogen-bond acceptors (Lipinski definition) is 6. The molecule has 9 heteroatoms. The summed E-state index contributed by atoms with van der Waals surface area (Å²) in [5.74, 6) is 0. The zero-order valence-electron chi connectivity index (χ0n) is 22.3. The van der Waals surface area contributed by atoms with Crippen molar-refractivity contribution < 1.29 is 9.53 Å². The van der Waals surface area contributed by atoms with Gasteiger partial charge in [-0.05, 0) is 78.6 Å². The van der Waals surface area contributed by atoms with Gasteiger partial charge in [0.25, 0.3) is 5.56 Å². The highest BCUT2D eigenvalue weighted by Gasteiger charge is 2.35. The minimum absolute atomic E-state index is 0.0394. The number of hydrogen-bond donors (Lipinski definition) is 2. The van der Waals surface area contributed by atoms with Crippen molar-refractivity contribution in [3.05, 3.63) is 70.3 Å². The number of nitrogens with zero attached hydrogens (tertiary/aromatic N) is 4. The summed E-state index contributed by atoms with van der Waals surface area (Å²) in [5, 5.41) is 6.60. The van der Waals surface area contributed by atoms with Crippen LogP contribution in [0.1, 0.15) is 63.5 Å². The average Bonchev–Trinajstić information content (AvgIpc) is 3.21. The first-order valence-corrected chi connectivity index (χ1v) is 12.6. The number of carbonyl (C=O) groups excluding carboxylic acids is 1. The van der Waals surface area contributed by atoms with E-state index < -0.39 is 17.2 Å². The van der Waals surface area contributed by atoms with Crippen LogP contribution >= 0.6 is 0 Å². The van der Waals surface area contributed by atoms with Gasteiger partial charge in [-0.2, -0.15) is 0 Å². The number of rotatable bonds is 3. The number of fused-ring (bicyclic) bond motifs is 2. The molecule has 37 heavy (non-hydrogen) atoms. The molecule has 2 atom stereocenters. The molecule has 4 aromatic rings. The number of carbonyl (C=O) groups is 1. The lowest BCUT2D eigenvalue weighted by molar-refractivity contribution is 0.0431. The minimum atomic E-state index is -0.558. The largest absolute Gasteiger partial charge is 0.444 e.